The molecule has 0 unspecified atom stereocenters. The zero-order valence-corrected chi connectivity index (χ0v) is 19.5. The number of fused-ring (bicyclic) bond motifs is 2. The third-order valence-corrected chi connectivity index (χ3v) is 9.24. The summed E-state index contributed by atoms with van der Waals surface area (Å²) >= 11 is 2.41. The summed E-state index contributed by atoms with van der Waals surface area (Å²) in [7, 11) is -2.26. The van der Waals surface area contributed by atoms with Gasteiger partial charge >= 0.3 is 0 Å². The van der Waals surface area contributed by atoms with Gasteiger partial charge in [0.05, 0.1) is 11.8 Å². The second-order valence-electron chi connectivity index (χ2n) is 7.25. The quantitative estimate of drug-likeness (QED) is 0.454. The van der Waals surface area contributed by atoms with Crippen LogP contribution in [0, 0.1) is 0 Å². The first-order valence-corrected chi connectivity index (χ1v) is 13.0. The van der Waals surface area contributed by atoms with Gasteiger partial charge in [-0.2, -0.15) is 4.31 Å². The van der Waals surface area contributed by atoms with Crippen LogP contribution in [0.25, 0.3) is 10.2 Å². The molecule has 0 aliphatic carbocycles. The summed E-state index contributed by atoms with van der Waals surface area (Å²) in [5.41, 5.74) is 2.81. The first kappa shape index (κ1) is 21.1. The summed E-state index contributed by atoms with van der Waals surface area (Å²) in [4.78, 5) is 17.6. The normalized spacial score (nSPS) is 14.3. The molecular formula is C22H19N3O4S3. The highest BCUT2D eigenvalue weighted by Gasteiger charge is 2.32. The van der Waals surface area contributed by atoms with E-state index in [2.05, 4.69) is 10.3 Å². The van der Waals surface area contributed by atoms with Crippen molar-refractivity contribution >= 4 is 54.0 Å². The van der Waals surface area contributed by atoms with Crippen molar-refractivity contribution in [1.82, 2.24) is 9.29 Å². The van der Waals surface area contributed by atoms with Gasteiger partial charge < -0.3 is 4.74 Å². The van der Waals surface area contributed by atoms with Gasteiger partial charge in [0.2, 0.25) is 10.0 Å². The number of amides is 1. The Bertz CT molecular complexity index is 1430. The molecule has 0 atom stereocenters. The van der Waals surface area contributed by atoms with Crippen LogP contribution >= 0.6 is 22.7 Å². The van der Waals surface area contributed by atoms with E-state index in [9.17, 15) is 13.2 Å². The number of carbonyl (C=O) groups excluding carboxylic acids is 1. The Morgan fingerprint density at radius 2 is 1.94 bits per heavy atom. The standard InChI is InChI=1S/C22H19N3O4S3/c1-29-16-7-4-8-17-19(16)23-22(31-17)24-21(26)20-18(10-12-30-20)32(27,28)25-11-9-14-5-2-3-6-15(14)13-25/h2-8,10,12H,9,11,13H2,1H3,(H,23,24,26). The topological polar surface area (TPSA) is 88.6 Å². The van der Waals surface area contributed by atoms with Gasteiger partial charge in [-0.1, -0.05) is 41.7 Å². The molecule has 1 amide bonds. The number of anilines is 1. The summed E-state index contributed by atoms with van der Waals surface area (Å²) in [6, 6.07) is 14.9. The van der Waals surface area contributed by atoms with E-state index in [1.165, 1.54) is 21.7 Å². The number of methoxy groups -OCH3 is 1. The molecule has 3 heterocycles. The molecule has 1 aliphatic rings. The molecule has 1 N–H and O–H groups in total. The fourth-order valence-corrected chi connectivity index (χ4v) is 7.37. The lowest BCUT2D eigenvalue weighted by molar-refractivity contribution is 0.102. The van der Waals surface area contributed by atoms with Gasteiger partial charge in [0, 0.05) is 13.1 Å². The molecular weight excluding hydrogens is 466 g/mol. The van der Waals surface area contributed by atoms with Crippen LogP contribution in [0.2, 0.25) is 0 Å². The lowest BCUT2D eigenvalue weighted by atomic mass is 10.0. The van der Waals surface area contributed by atoms with Crippen LogP contribution in [0.5, 0.6) is 5.75 Å². The third-order valence-electron chi connectivity index (χ3n) is 5.37. The Morgan fingerprint density at radius 1 is 1.12 bits per heavy atom. The van der Waals surface area contributed by atoms with Crippen molar-refractivity contribution in [3.63, 3.8) is 0 Å². The Morgan fingerprint density at radius 3 is 2.75 bits per heavy atom. The predicted molar refractivity (Wildman–Crippen MR) is 126 cm³/mol. The van der Waals surface area contributed by atoms with E-state index in [0.717, 1.165) is 27.2 Å². The Balaban J connectivity index is 1.41. The lowest BCUT2D eigenvalue weighted by Gasteiger charge is -2.28. The first-order chi connectivity index (χ1) is 15.5. The second kappa shape index (κ2) is 8.28. The second-order valence-corrected chi connectivity index (χ2v) is 11.1. The number of hydrogen-bond donors (Lipinski definition) is 1. The number of carbonyl (C=O) groups is 1. The van der Waals surface area contributed by atoms with Gasteiger partial charge in [-0.15, -0.1) is 11.3 Å². The molecule has 0 radical (unpaired) electrons. The SMILES string of the molecule is COc1cccc2sc(NC(=O)c3sccc3S(=O)(=O)N3CCc4ccccc4C3)nc12. The maximum Gasteiger partial charge on any atom is 0.268 e. The number of benzene rings is 2. The fraction of sp³-hybridized carbons (Fsp3) is 0.182. The minimum Gasteiger partial charge on any atom is -0.494 e. The van der Waals surface area contributed by atoms with Gasteiger partial charge in [0.25, 0.3) is 5.91 Å². The van der Waals surface area contributed by atoms with Crippen molar-refractivity contribution in [2.75, 3.05) is 19.0 Å². The molecule has 2 aromatic heterocycles. The maximum absolute atomic E-state index is 13.4. The van der Waals surface area contributed by atoms with Crippen LogP contribution in [-0.4, -0.2) is 37.3 Å². The molecule has 1 aliphatic heterocycles. The number of nitrogens with zero attached hydrogens (tertiary/aromatic N) is 2. The highest BCUT2D eigenvalue weighted by Crippen LogP contribution is 2.34. The summed E-state index contributed by atoms with van der Waals surface area (Å²) in [6.45, 7) is 0.682. The highest BCUT2D eigenvalue weighted by molar-refractivity contribution is 7.89. The predicted octanol–water partition coefficient (Wildman–Crippen LogP) is 4.37. The minimum absolute atomic E-state index is 0.0260. The molecule has 0 saturated carbocycles. The van der Waals surface area contributed by atoms with Crippen molar-refractivity contribution in [3.8, 4) is 5.75 Å². The van der Waals surface area contributed by atoms with Crippen LogP contribution in [0.15, 0.2) is 58.8 Å². The van der Waals surface area contributed by atoms with E-state index in [4.69, 9.17) is 4.74 Å². The largest absolute Gasteiger partial charge is 0.494 e. The Labute approximate surface area is 193 Å². The highest BCUT2D eigenvalue weighted by atomic mass is 32.2. The smallest absolute Gasteiger partial charge is 0.268 e. The number of para-hydroxylation sites is 1. The number of sulfonamides is 1. The van der Waals surface area contributed by atoms with E-state index in [0.29, 0.717) is 35.9 Å². The summed E-state index contributed by atoms with van der Waals surface area (Å²) in [5, 5.41) is 4.77. The van der Waals surface area contributed by atoms with Gasteiger partial charge in [0.15, 0.2) is 5.13 Å². The fourth-order valence-electron chi connectivity index (χ4n) is 3.78. The number of rotatable bonds is 5. The average molecular weight is 486 g/mol. The van der Waals surface area contributed by atoms with Crippen molar-refractivity contribution in [1.29, 1.82) is 0 Å². The van der Waals surface area contributed by atoms with Crippen LogP contribution in [0.1, 0.15) is 20.8 Å². The van der Waals surface area contributed by atoms with E-state index < -0.39 is 15.9 Å². The van der Waals surface area contributed by atoms with Crippen molar-refractivity contribution in [3.05, 3.63) is 69.9 Å². The van der Waals surface area contributed by atoms with Gasteiger partial charge in [-0.3, -0.25) is 10.1 Å². The number of ether oxygens (including phenoxy) is 1. The van der Waals surface area contributed by atoms with Gasteiger partial charge in [-0.05, 0) is 41.1 Å². The minimum atomic E-state index is -3.82. The number of aromatic nitrogens is 1. The molecule has 32 heavy (non-hydrogen) atoms. The maximum atomic E-state index is 13.4. The van der Waals surface area contributed by atoms with Crippen LogP contribution in [-0.2, 0) is 23.0 Å². The van der Waals surface area contributed by atoms with E-state index in [-0.39, 0.29) is 9.77 Å². The molecule has 0 bridgehead atoms. The van der Waals surface area contributed by atoms with E-state index in [1.807, 2.05) is 36.4 Å². The number of thiophene rings is 1. The molecule has 0 saturated heterocycles. The molecule has 2 aromatic carbocycles. The molecule has 0 spiro atoms. The molecule has 0 fully saturated rings. The summed E-state index contributed by atoms with van der Waals surface area (Å²) in [6.07, 6.45) is 0.647. The van der Waals surface area contributed by atoms with Crippen LogP contribution < -0.4 is 10.1 Å². The summed E-state index contributed by atoms with van der Waals surface area (Å²) in [5.74, 6) is 0.123. The molecule has 4 aromatic rings. The van der Waals surface area contributed by atoms with Crippen LogP contribution in [0.3, 0.4) is 0 Å². The monoisotopic (exact) mass is 485 g/mol. The summed E-state index contributed by atoms with van der Waals surface area (Å²) < 4.78 is 34.4. The van der Waals surface area contributed by atoms with E-state index >= 15 is 0 Å². The molecule has 164 valence electrons. The van der Waals surface area contributed by atoms with Crippen molar-refractivity contribution in [2.45, 2.75) is 17.9 Å². The zero-order chi connectivity index (χ0) is 22.3. The average Bonchev–Trinajstić information content (AvgIpc) is 3.46. The van der Waals surface area contributed by atoms with Crippen molar-refractivity contribution < 1.29 is 17.9 Å². The van der Waals surface area contributed by atoms with Gasteiger partial charge in [-0.25, -0.2) is 13.4 Å². The van der Waals surface area contributed by atoms with Crippen LogP contribution in [0.4, 0.5) is 5.13 Å². The molecule has 7 nitrogen and oxygen atoms in total. The number of nitrogens with one attached hydrogen (secondary N) is 1. The number of thiazole rings is 1. The third kappa shape index (κ3) is 3.69. The Hall–Kier alpha value is -2.79. The Kier molecular flexibility index (Phi) is 5.46. The number of hydrogen-bond acceptors (Lipinski definition) is 7. The van der Waals surface area contributed by atoms with Crippen molar-refractivity contribution in [2.24, 2.45) is 0 Å². The molecule has 5 rings (SSSR count). The lowest BCUT2D eigenvalue weighted by Crippen LogP contribution is -2.36. The van der Waals surface area contributed by atoms with E-state index in [1.54, 1.807) is 18.6 Å². The molecule has 10 heteroatoms. The zero-order valence-electron chi connectivity index (χ0n) is 17.1. The first-order valence-electron chi connectivity index (χ1n) is 9.86. The van der Waals surface area contributed by atoms with Gasteiger partial charge in [0.1, 0.15) is 21.0 Å².